The number of methoxy groups -OCH3 is 2. The van der Waals surface area contributed by atoms with Gasteiger partial charge in [-0.05, 0) is 33.2 Å². The highest BCUT2D eigenvalue weighted by Crippen LogP contribution is 2.32. The first-order valence-corrected chi connectivity index (χ1v) is 7.76. The van der Waals surface area contributed by atoms with Crippen LogP contribution in [0.3, 0.4) is 0 Å². The van der Waals surface area contributed by atoms with E-state index in [1.54, 1.807) is 14.2 Å². The molecule has 5 nitrogen and oxygen atoms in total. The van der Waals surface area contributed by atoms with Crippen LogP contribution in [0.15, 0.2) is 0 Å². The SMILES string of the molecule is COC(CC(C)(CN)N1CCC2CCC(C1)N2C)OC. The van der Waals surface area contributed by atoms with Crippen LogP contribution in [0.5, 0.6) is 0 Å². The number of fused-ring (bicyclic) bond motifs is 2. The van der Waals surface area contributed by atoms with Crippen LogP contribution in [-0.2, 0) is 9.47 Å². The second-order valence-electron chi connectivity index (χ2n) is 6.59. The van der Waals surface area contributed by atoms with Crippen molar-refractivity contribution in [1.82, 2.24) is 9.80 Å². The normalized spacial score (nSPS) is 31.5. The van der Waals surface area contributed by atoms with Crippen LogP contribution in [0.25, 0.3) is 0 Å². The molecule has 0 aromatic rings. The Balaban J connectivity index is 2.06. The Bertz CT molecular complexity index is 311. The molecule has 3 unspecified atom stereocenters. The van der Waals surface area contributed by atoms with E-state index in [1.807, 2.05) is 0 Å². The fraction of sp³-hybridized carbons (Fsp3) is 1.00. The minimum absolute atomic E-state index is 0.0536. The Morgan fingerprint density at radius 2 is 1.85 bits per heavy atom. The second kappa shape index (κ2) is 6.71. The lowest BCUT2D eigenvalue weighted by Gasteiger charge is -2.43. The van der Waals surface area contributed by atoms with Gasteiger partial charge in [0.1, 0.15) is 0 Å². The smallest absolute Gasteiger partial charge is 0.158 e. The summed E-state index contributed by atoms with van der Waals surface area (Å²) < 4.78 is 10.8. The highest BCUT2D eigenvalue weighted by atomic mass is 16.7. The van der Waals surface area contributed by atoms with Gasteiger partial charge in [0.2, 0.25) is 0 Å². The van der Waals surface area contributed by atoms with E-state index in [0.717, 1.165) is 25.6 Å². The molecule has 0 amide bonds. The maximum Gasteiger partial charge on any atom is 0.158 e. The predicted octanol–water partition coefficient (Wildman–Crippen LogP) is 0.881. The van der Waals surface area contributed by atoms with Gasteiger partial charge in [-0.3, -0.25) is 9.80 Å². The Morgan fingerprint density at radius 3 is 2.45 bits per heavy atom. The molecule has 0 radical (unpaired) electrons. The number of hydrogen-bond acceptors (Lipinski definition) is 5. The van der Waals surface area contributed by atoms with Crippen molar-refractivity contribution in [2.24, 2.45) is 5.73 Å². The summed E-state index contributed by atoms with van der Waals surface area (Å²) in [5.41, 5.74) is 6.06. The lowest BCUT2D eigenvalue weighted by molar-refractivity contribution is -0.129. The van der Waals surface area contributed by atoms with Crippen LogP contribution < -0.4 is 5.73 Å². The van der Waals surface area contributed by atoms with Crippen molar-refractivity contribution in [1.29, 1.82) is 0 Å². The van der Waals surface area contributed by atoms with Crippen molar-refractivity contribution in [3.63, 3.8) is 0 Å². The number of nitrogens with two attached hydrogens (primary N) is 1. The van der Waals surface area contributed by atoms with Gasteiger partial charge >= 0.3 is 0 Å². The second-order valence-corrected chi connectivity index (χ2v) is 6.59. The van der Waals surface area contributed by atoms with Gasteiger partial charge in [-0.15, -0.1) is 0 Å². The zero-order valence-corrected chi connectivity index (χ0v) is 13.5. The molecule has 118 valence electrons. The number of rotatable bonds is 6. The fourth-order valence-corrected chi connectivity index (χ4v) is 3.76. The van der Waals surface area contributed by atoms with Gasteiger partial charge < -0.3 is 15.2 Å². The molecule has 2 saturated heterocycles. The summed E-state index contributed by atoms with van der Waals surface area (Å²) in [6.07, 6.45) is 4.55. The van der Waals surface area contributed by atoms with Crippen molar-refractivity contribution in [2.45, 2.75) is 56.5 Å². The summed E-state index contributed by atoms with van der Waals surface area (Å²) >= 11 is 0. The summed E-state index contributed by atoms with van der Waals surface area (Å²) in [6, 6.07) is 1.43. The van der Waals surface area contributed by atoms with Crippen LogP contribution in [0.4, 0.5) is 0 Å². The summed E-state index contributed by atoms with van der Waals surface area (Å²) in [5.74, 6) is 0. The maximum absolute atomic E-state index is 6.11. The van der Waals surface area contributed by atoms with Crippen LogP contribution in [-0.4, -0.2) is 74.6 Å². The van der Waals surface area contributed by atoms with E-state index in [1.165, 1.54) is 19.3 Å². The molecular weight excluding hydrogens is 254 g/mol. The van der Waals surface area contributed by atoms with Gasteiger partial charge in [0, 0.05) is 57.9 Å². The average Bonchev–Trinajstić information content (AvgIpc) is 2.69. The molecule has 2 rings (SSSR count). The third-order valence-electron chi connectivity index (χ3n) is 5.48. The van der Waals surface area contributed by atoms with Gasteiger partial charge in [-0.25, -0.2) is 0 Å². The summed E-state index contributed by atoms with van der Waals surface area (Å²) in [7, 11) is 5.67. The van der Waals surface area contributed by atoms with E-state index in [-0.39, 0.29) is 11.8 Å². The number of ether oxygens (including phenoxy) is 2. The molecule has 2 heterocycles. The van der Waals surface area contributed by atoms with Crippen molar-refractivity contribution < 1.29 is 9.47 Å². The standard InChI is InChI=1S/C15H31N3O2/c1-15(11-16,9-14(19-3)20-4)18-8-7-12-5-6-13(10-18)17(12)2/h12-14H,5-11,16H2,1-4H3. The van der Waals surface area contributed by atoms with E-state index < -0.39 is 0 Å². The molecule has 0 aromatic heterocycles. The predicted molar refractivity (Wildman–Crippen MR) is 80.6 cm³/mol. The van der Waals surface area contributed by atoms with Crippen LogP contribution in [0, 0.1) is 0 Å². The first-order valence-electron chi connectivity index (χ1n) is 7.76. The van der Waals surface area contributed by atoms with Crippen molar-refractivity contribution in [2.75, 3.05) is 40.9 Å². The van der Waals surface area contributed by atoms with Crippen LogP contribution in [0.2, 0.25) is 0 Å². The third kappa shape index (κ3) is 3.17. The lowest BCUT2D eigenvalue weighted by Crippen LogP contribution is -2.56. The van der Waals surface area contributed by atoms with Gasteiger partial charge in [0.25, 0.3) is 0 Å². The minimum atomic E-state index is -0.179. The quantitative estimate of drug-likeness (QED) is 0.734. The zero-order chi connectivity index (χ0) is 14.8. The van der Waals surface area contributed by atoms with Crippen molar-refractivity contribution in [3.8, 4) is 0 Å². The molecule has 2 aliphatic rings. The van der Waals surface area contributed by atoms with E-state index in [4.69, 9.17) is 15.2 Å². The van der Waals surface area contributed by atoms with E-state index in [2.05, 4.69) is 23.8 Å². The highest BCUT2D eigenvalue weighted by Gasteiger charge is 2.41. The summed E-state index contributed by atoms with van der Waals surface area (Å²) in [6.45, 7) is 5.12. The molecule has 0 aliphatic carbocycles. The molecular formula is C15H31N3O2. The topological polar surface area (TPSA) is 51.0 Å². The number of likely N-dealkylation sites (N-methyl/N-ethyl adjacent to an activating group) is 1. The largest absolute Gasteiger partial charge is 0.356 e. The minimum Gasteiger partial charge on any atom is -0.356 e. The first-order chi connectivity index (χ1) is 9.54. The molecule has 20 heavy (non-hydrogen) atoms. The first kappa shape index (κ1) is 16.2. The highest BCUT2D eigenvalue weighted by molar-refractivity contribution is 4.97. The number of hydrogen-bond donors (Lipinski definition) is 1. The van der Waals surface area contributed by atoms with Crippen molar-refractivity contribution >= 4 is 0 Å². The molecule has 5 heteroatoms. The molecule has 2 bridgehead atoms. The number of nitrogens with zero attached hydrogens (tertiary/aromatic N) is 2. The van der Waals surface area contributed by atoms with E-state index in [9.17, 15) is 0 Å². The Morgan fingerprint density at radius 1 is 1.20 bits per heavy atom. The fourth-order valence-electron chi connectivity index (χ4n) is 3.76. The van der Waals surface area contributed by atoms with Crippen molar-refractivity contribution in [3.05, 3.63) is 0 Å². The van der Waals surface area contributed by atoms with Gasteiger partial charge in [0.15, 0.2) is 6.29 Å². The molecule has 2 aliphatic heterocycles. The van der Waals surface area contributed by atoms with Crippen LogP contribution in [0.1, 0.15) is 32.6 Å². The number of likely N-dealkylation sites (tertiary alicyclic amines) is 1. The monoisotopic (exact) mass is 285 g/mol. The Kier molecular flexibility index (Phi) is 5.42. The molecule has 0 spiro atoms. The van der Waals surface area contributed by atoms with E-state index in [0.29, 0.717) is 12.6 Å². The molecule has 0 aromatic carbocycles. The summed E-state index contributed by atoms with van der Waals surface area (Å²) in [5, 5.41) is 0. The Labute approximate surface area is 123 Å². The lowest BCUT2D eigenvalue weighted by atomic mass is 9.93. The van der Waals surface area contributed by atoms with Gasteiger partial charge in [-0.2, -0.15) is 0 Å². The molecule has 2 N–H and O–H groups in total. The zero-order valence-electron chi connectivity index (χ0n) is 13.5. The van der Waals surface area contributed by atoms with Gasteiger partial charge in [-0.1, -0.05) is 0 Å². The van der Waals surface area contributed by atoms with E-state index >= 15 is 0 Å². The Hall–Kier alpha value is -0.200. The maximum atomic E-state index is 6.11. The third-order valence-corrected chi connectivity index (χ3v) is 5.48. The average molecular weight is 285 g/mol. The van der Waals surface area contributed by atoms with Gasteiger partial charge in [0.05, 0.1) is 0 Å². The molecule has 3 atom stereocenters. The molecule has 2 fully saturated rings. The molecule has 0 saturated carbocycles. The van der Waals surface area contributed by atoms with Crippen LogP contribution >= 0.6 is 0 Å². The summed E-state index contributed by atoms with van der Waals surface area (Å²) in [4.78, 5) is 5.14.